The molecule has 2 heterocycles. The lowest BCUT2D eigenvalue weighted by Gasteiger charge is -2.27. The van der Waals surface area contributed by atoms with E-state index in [2.05, 4.69) is 17.6 Å². The minimum atomic E-state index is -3.34. The first-order valence-electron chi connectivity index (χ1n) is 8.93. The monoisotopic (exact) mass is 369 g/mol. The molecule has 26 heavy (non-hydrogen) atoms. The number of hydrogen-bond acceptors (Lipinski definition) is 3. The van der Waals surface area contributed by atoms with Crippen LogP contribution >= 0.6 is 0 Å². The summed E-state index contributed by atoms with van der Waals surface area (Å²) in [6, 6.07) is 18.0. The van der Waals surface area contributed by atoms with Gasteiger partial charge in [-0.2, -0.15) is 4.31 Å². The molecule has 0 saturated heterocycles. The number of rotatable bonds is 3. The number of aromatic nitrogens is 2. The van der Waals surface area contributed by atoms with Crippen molar-refractivity contribution in [2.45, 2.75) is 31.8 Å². The highest BCUT2D eigenvalue weighted by Crippen LogP contribution is 2.36. The maximum Gasteiger partial charge on any atom is 0.211 e. The first-order valence-corrected chi connectivity index (χ1v) is 10.8. The zero-order chi connectivity index (χ0) is 18.3. The molecule has 2 atom stereocenters. The Labute approximate surface area is 154 Å². The van der Waals surface area contributed by atoms with Gasteiger partial charge in [-0.3, -0.25) is 0 Å². The number of sulfonamides is 1. The number of benzene rings is 2. The molecular weight excluding hydrogens is 346 g/mol. The Morgan fingerprint density at radius 2 is 1.77 bits per heavy atom. The minimum absolute atomic E-state index is 0.197. The van der Waals surface area contributed by atoms with E-state index in [1.54, 1.807) is 4.31 Å². The van der Waals surface area contributed by atoms with E-state index in [0.29, 0.717) is 13.0 Å². The van der Waals surface area contributed by atoms with Crippen molar-refractivity contribution in [3.05, 3.63) is 66.0 Å². The average molecular weight is 369 g/mol. The van der Waals surface area contributed by atoms with E-state index in [4.69, 9.17) is 4.98 Å². The van der Waals surface area contributed by atoms with Gasteiger partial charge in [0.15, 0.2) is 0 Å². The van der Waals surface area contributed by atoms with Crippen LogP contribution in [0.4, 0.5) is 0 Å². The van der Waals surface area contributed by atoms with Crippen LogP contribution in [0.15, 0.2) is 54.6 Å². The van der Waals surface area contributed by atoms with Crippen molar-refractivity contribution in [2.75, 3.05) is 12.8 Å². The minimum Gasteiger partial charge on any atom is -0.324 e. The predicted molar refractivity (Wildman–Crippen MR) is 103 cm³/mol. The molecule has 1 aliphatic heterocycles. The lowest BCUT2D eigenvalue weighted by molar-refractivity contribution is 0.322. The molecule has 0 aliphatic carbocycles. The van der Waals surface area contributed by atoms with E-state index in [9.17, 15) is 8.42 Å². The van der Waals surface area contributed by atoms with Crippen LogP contribution in [0, 0.1) is 0 Å². The molecule has 4 rings (SSSR count). The molecule has 1 aromatic heterocycles. The van der Waals surface area contributed by atoms with Gasteiger partial charge in [-0.1, -0.05) is 42.5 Å². The first-order chi connectivity index (χ1) is 12.4. The van der Waals surface area contributed by atoms with Crippen LogP contribution in [-0.2, 0) is 16.4 Å². The van der Waals surface area contributed by atoms with Gasteiger partial charge in [0.05, 0.1) is 23.3 Å². The molecule has 5 nitrogen and oxygen atoms in total. The van der Waals surface area contributed by atoms with E-state index in [1.807, 2.05) is 48.5 Å². The normalized spacial score (nSPS) is 21.5. The molecule has 1 aliphatic rings. The third-order valence-corrected chi connectivity index (χ3v) is 6.46. The smallest absolute Gasteiger partial charge is 0.211 e. The zero-order valence-electron chi connectivity index (χ0n) is 15.0. The second-order valence-electron chi connectivity index (χ2n) is 7.05. The van der Waals surface area contributed by atoms with Crippen LogP contribution in [0.5, 0.6) is 0 Å². The van der Waals surface area contributed by atoms with E-state index in [-0.39, 0.29) is 12.1 Å². The maximum atomic E-state index is 12.6. The Balaban J connectivity index is 1.91. The van der Waals surface area contributed by atoms with Gasteiger partial charge in [0.25, 0.3) is 0 Å². The molecule has 0 bridgehead atoms. The molecule has 0 N–H and O–H groups in total. The molecule has 0 amide bonds. The Kier molecular flexibility index (Phi) is 4.32. The lowest BCUT2D eigenvalue weighted by atomic mass is 10.1. The summed E-state index contributed by atoms with van der Waals surface area (Å²) in [5.74, 6) is 0.838. The Hall–Kier alpha value is -2.18. The van der Waals surface area contributed by atoms with Crippen molar-refractivity contribution >= 4 is 21.1 Å². The fourth-order valence-electron chi connectivity index (χ4n) is 3.92. The number of para-hydroxylation sites is 2. The van der Waals surface area contributed by atoms with Crippen molar-refractivity contribution in [1.82, 2.24) is 13.9 Å². The molecular formula is C20H23N3O2S. The molecule has 0 unspecified atom stereocenters. The third-order valence-electron chi connectivity index (χ3n) is 5.17. The van der Waals surface area contributed by atoms with Gasteiger partial charge in [-0.15, -0.1) is 0 Å². The van der Waals surface area contributed by atoms with Gasteiger partial charge in [0.1, 0.15) is 5.82 Å². The van der Waals surface area contributed by atoms with Gasteiger partial charge < -0.3 is 4.57 Å². The summed E-state index contributed by atoms with van der Waals surface area (Å²) >= 11 is 0. The SMILES string of the molecule is C[C@H]1CCN(S(C)(=O)=O)[C@@H](Cc2ccccc2)c2nc3ccccc3n21. The molecule has 0 spiro atoms. The Morgan fingerprint density at radius 1 is 1.08 bits per heavy atom. The highest BCUT2D eigenvalue weighted by Gasteiger charge is 2.36. The van der Waals surface area contributed by atoms with Gasteiger partial charge >= 0.3 is 0 Å². The van der Waals surface area contributed by atoms with E-state index in [1.165, 1.54) is 6.26 Å². The summed E-state index contributed by atoms with van der Waals surface area (Å²) in [5.41, 5.74) is 3.10. The molecule has 2 aromatic carbocycles. The van der Waals surface area contributed by atoms with E-state index >= 15 is 0 Å². The topological polar surface area (TPSA) is 55.2 Å². The Morgan fingerprint density at radius 3 is 2.50 bits per heavy atom. The van der Waals surface area contributed by atoms with Gasteiger partial charge in [0, 0.05) is 12.6 Å². The fourth-order valence-corrected chi connectivity index (χ4v) is 4.98. The molecule has 0 saturated carbocycles. The van der Waals surface area contributed by atoms with Crippen LogP contribution < -0.4 is 0 Å². The van der Waals surface area contributed by atoms with Crippen molar-refractivity contribution in [1.29, 1.82) is 0 Å². The molecule has 3 aromatic rings. The van der Waals surface area contributed by atoms with Crippen molar-refractivity contribution in [3.63, 3.8) is 0 Å². The molecule has 136 valence electrons. The standard InChI is InChI=1S/C20H23N3O2S/c1-15-12-13-22(26(2,24)25)19(14-16-8-4-3-5-9-16)20-21-17-10-6-7-11-18(17)23(15)20/h3-11,15,19H,12-14H2,1-2H3/t15-,19-/m0/s1. The predicted octanol–water partition coefficient (Wildman–Crippen LogP) is 3.55. The summed E-state index contributed by atoms with van der Waals surface area (Å²) in [7, 11) is -3.34. The number of imidazole rings is 1. The van der Waals surface area contributed by atoms with Gasteiger partial charge in [-0.05, 0) is 37.5 Å². The van der Waals surface area contributed by atoms with Crippen molar-refractivity contribution in [3.8, 4) is 0 Å². The van der Waals surface area contributed by atoms with Gasteiger partial charge in [0.2, 0.25) is 10.0 Å². The summed E-state index contributed by atoms with van der Waals surface area (Å²) in [4.78, 5) is 4.86. The highest BCUT2D eigenvalue weighted by atomic mass is 32.2. The third kappa shape index (κ3) is 3.04. The van der Waals surface area contributed by atoms with Crippen molar-refractivity contribution in [2.24, 2.45) is 0 Å². The number of hydrogen-bond donors (Lipinski definition) is 0. The molecule has 0 radical (unpaired) electrons. The largest absolute Gasteiger partial charge is 0.324 e. The molecule has 6 heteroatoms. The first kappa shape index (κ1) is 17.2. The van der Waals surface area contributed by atoms with E-state index in [0.717, 1.165) is 28.8 Å². The quantitative estimate of drug-likeness (QED) is 0.709. The summed E-state index contributed by atoms with van der Waals surface area (Å²) in [6.07, 6.45) is 2.68. The fraction of sp³-hybridized carbons (Fsp3) is 0.350. The number of nitrogens with zero attached hydrogens (tertiary/aromatic N) is 3. The van der Waals surface area contributed by atoms with Crippen LogP contribution in [0.3, 0.4) is 0 Å². The van der Waals surface area contributed by atoms with Crippen LogP contribution in [0.25, 0.3) is 11.0 Å². The maximum absolute atomic E-state index is 12.6. The van der Waals surface area contributed by atoms with Crippen LogP contribution in [-0.4, -0.2) is 35.1 Å². The lowest BCUT2D eigenvalue weighted by Crippen LogP contribution is -2.35. The van der Waals surface area contributed by atoms with Gasteiger partial charge in [-0.25, -0.2) is 13.4 Å². The average Bonchev–Trinajstić information content (AvgIpc) is 2.93. The van der Waals surface area contributed by atoms with Crippen LogP contribution in [0.2, 0.25) is 0 Å². The summed E-state index contributed by atoms with van der Waals surface area (Å²) < 4.78 is 29.0. The second kappa shape index (κ2) is 6.52. The molecule has 0 fully saturated rings. The second-order valence-corrected chi connectivity index (χ2v) is 8.98. The van der Waals surface area contributed by atoms with E-state index < -0.39 is 10.0 Å². The number of fused-ring (bicyclic) bond motifs is 3. The zero-order valence-corrected chi connectivity index (χ0v) is 15.9. The van der Waals surface area contributed by atoms with Crippen LogP contribution in [0.1, 0.15) is 36.8 Å². The summed E-state index contributed by atoms with van der Waals surface area (Å²) in [5, 5.41) is 0. The highest BCUT2D eigenvalue weighted by molar-refractivity contribution is 7.88. The Bertz CT molecular complexity index is 1030. The van der Waals surface area contributed by atoms with Crippen molar-refractivity contribution < 1.29 is 8.42 Å². The summed E-state index contributed by atoms with van der Waals surface area (Å²) in [6.45, 7) is 2.65.